The average Bonchev–Trinajstić information content (AvgIpc) is 2.34. The molecule has 0 aliphatic heterocycles. The molecule has 0 amide bonds. The molecule has 1 saturated carbocycles. The van der Waals surface area contributed by atoms with E-state index in [4.69, 9.17) is 9.47 Å². The van der Waals surface area contributed by atoms with Crippen LogP contribution >= 0.6 is 15.9 Å². The Kier molecular flexibility index (Phi) is 3.92. The first kappa shape index (κ1) is 13.4. The number of carbonyl (C=O) groups excluding carboxylic acids is 1. The van der Waals surface area contributed by atoms with E-state index in [1.807, 2.05) is 24.3 Å². The molecular weight excluding hydrogens is 298 g/mol. The van der Waals surface area contributed by atoms with Crippen molar-refractivity contribution in [3.05, 3.63) is 28.7 Å². The maximum atomic E-state index is 11.9. The van der Waals surface area contributed by atoms with E-state index in [-0.39, 0.29) is 12.1 Å². The van der Waals surface area contributed by atoms with Crippen molar-refractivity contribution < 1.29 is 14.3 Å². The van der Waals surface area contributed by atoms with Gasteiger partial charge in [-0.2, -0.15) is 0 Å². The van der Waals surface area contributed by atoms with Gasteiger partial charge in [0.1, 0.15) is 5.54 Å². The number of hydrogen-bond acceptors (Lipinski definition) is 4. The van der Waals surface area contributed by atoms with Gasteiger partial charge < -0.3 is 14.8 Å². The van der Waals surface area contributed by atoms with Crippen LogP contribution in [0.3, 0.4) is 0 Å². The van der Waals surface area contributed by atoms with Gasteiger partial charge in [-0.3, -0.25) is 0 Å². The molecule has 0 bridgehead atoms. The fourth-order valence-electron chi connectivity index (χ4n) is 2.22. The SMILES string of the molecule is COC(=O)C1(Nc2ccccc2Br)CC(OC)C1. The van der Waals surface area contributed by atoms with E-state index < -0.39 is 5.54 Å². The van der Waals surface area contributed by atoms with Gasteiger partial charge in [0.15, 0.2) is 0 Å². The summed E-state index contributed by atoms with van der Waals surface area (Å²) < 4.78 is 11.1. The number of carbonyl (C=O) groups is 1. The third kappa shape index (κ3) is 2.37. The van der Waals surface area contributed by atoms with Gasteiger partial charge in [0, 0.05) is 30.1 Å². The molecule has 4 nitrogen and oxygen atoms in total. The minimum Gasteiger partial charge on any atom is -0.467 e. The molecule has 0 spiro atoms. The molecule has 0 aromatic heterocycles. The molecule has 1 aromatic carbocycles. The third-order valence-corrected chi connectivity index (χ3v) is 4.00. The predicted molar refractivity (Wildman–Crippen MR) is 72.5 cm³/mol. The first-order valence-electron chi connectivity index (χ1n) is 5.75. The van der Waals surface area contributed by atoms with Crippen LogP contribution < -0.4 is 5.32 Å². The average molecular weight is 314 g/mol. The lowest BCUT2D eigenvalue weighted by molar-refractivity contribution is -0.154. The molecule has 1 aliphatic rings. The molecule has 2 rings (SSSR count). The van der Waals surface area contributed by atoms with Gasteiger partial charge in [-0.1, -0.05) is 12.1 Å². The summed E-state index contributed by atoms with van der Waals surface area (Å²) in [6.45, 7) is 0. The van der Waals surface area contributed by atoms with Crippen LogP contribution in [0.4, 0.5) is 5.69 Å². The highest BCUT2D eigenvalue weighted by Crippen LogP contribution is 2.39. The summed E-state index contributed by atoms with van der Waals surface area (Å²) in [5, 5.41) is 3.27. The van der Waals surface area contributed by atoms with Crippen molar-refractivity contribution >= 4 is 27.6 Å². The van der Waals surface area contributed by atoms with Gasteiger partial charge in [0.25, 0.3) is 0 Å². The van der Waals surface area contributed by atoms with Crippen LogP contribution in [0.2, 0.25) is 0 Å². The number of hydrogen-bond donors (Lipinski definition) is 1. The van der Waals surface area contributed by atoms with E-state index in [0.717, 1.165) is 10.2 Å². The summed E-state index contributed by atoms with van der Waals surface area (Å²) in [4.78, 5) is 11.9. The van der Waals surface area contributed by atoms with Crippen LogP contribution in [-0.2, 0) is 14.3 Å². The number of para-hydroxylation sites is 1. The summed E-state index contributed by atoms with van der Waals surface area (Å²) in [5.41, 5.74) is 0.219. The highest BCUT2D eigenvalue weighted by Gasteiger charge is 2.51. The Hall–Kier alpha value is -1.07. The lowest BCUT2D eigenvalue weighted by atomic mass is 9.74. The quantitative estimate of drug-likeness (QED) is 0.868. The van der Waals surface area contributed by atoms with Crippen molar-refractivity contribution in [3.8, 4) is 0 Å². The lowest BCUT2D eigenvalue weighted by Gasteiger charge is -2.45. The highest BCUT2D eigenvalue weighted by atomic mass is 79.9. The summed E-state index contributed by atoms with van der Waals surface area (Å²) in [5.74, 6) is -0.244. The van der Waals surface area contributed by atoms with E-state index in [9.17, 15) is 4.79 Å². The molecule has 0 unspecified atom stereocenters. The molecule has 1 N–H and O–H groups in total. The number of ether oxygens (including phenoxy) is 2. The Morgan fingerprint density at radius 1 is 1.39 bits per heavy atom. The molecule has 1 aliphatic carbocycles. The molecular formula is C13H16BrNO3. The zero-order chi connectivity index (χ0) is 13.2. The fourth-order valence-corrected chi connectivity index (χ4v) is 2.60. The van der Waals surface area contributed by atoms with Crippen molar-refractivity contribution in [1.29, 1.82) is 0 Å². The molecule has 5 heteroatoms. The van der Waals surface area contributed by atoms with Crippen LogP contribution in [0.1, 0.15) is 12.8 Å². The molecule has 0 heterocycles. The van der Waals surface area contributed by atoms with E-state index in [1.54, 1.807) is 7.11 Å². The predicted octanol–water partition coefficient (Wildman–Crippen LogP) is 2.58. The third-order valence-electron chi connectivity index (χ3n) is 3.31. The van der Waals surface area contributed by atoms with Crippen LogP contribution in [0.25, 0.3) is 0 Å². The van der Waals surface area contributed by atoms with E-state index in [1.165, 1.54) is 7.11 Å². The first-order chi connectivity index (χ1) is 8.61. The second-order valence-electron chi connectivity index (χ2n) is 4.44. The number of methoxy groups -OCH3 is 2. The first-order valence-corrected chi connectivity index (χ1v) is 6.54. The minimum atomic E-state index is -0.667. The number of esters is 1. The zero-order valence-electron chi connectivity index (χ0n) is 10.4. The van der Waals surface area contributed by atoms with Crippen LogP contribution in [-0.4, -0.2) is 31.8 Å². The topological polar surface area (TPSA) is 47.6 Å². The Balaban J connectivity index is 2.17. The Labute approximate surface area is 115 Å². The molecule has 1 aromatic rings. The van der Waals surface area contributed by atoms with E-state index >= 15 is 0 Å². The highest BCUT2D eigenvalue weighted by molar-refractivity contribution is 9.10. The van der Waals surface area contributed by atoms with E-state index in [0.29, 0.717) is 12.8 Å². The van der Waals surface area contributed by atoms with Gasteiger partial charge in [-0.15, -0.1) is 0 Å². The van der Waals surface area contributed by atoms with Gasteiger partial charge in [-0.25, -0.2) is 4.79 Å². The van der Waals surface area contributed by atoms with Gasteiger partial charge in [0.05, 0.1) is 13.2 Å². The van der Waals surface area contributed by atoms with Crippen molar-refractivity contribution in [2.75, 3.05) is 19.5 Å². The fraction of sp³-hybridized carbons (Fsp3) is 0.462. The monoisotopic (exact) mass is 313 g/mol. The largest absolute Gasteiger partial charge is 0.467 e. The normalized spacial score (nSPS) is 26.3. The van der Waals surface area contributed by atoms with Crippen molar-refractivity contribution in [2.45, 2.75) is 24.5 Å². The molecule has 1 fully saturated rings. The standard InChI is InChI=1S/C13H16BrNO3/c1-17-9-7-13(8-9,12(16)18-2)15-11-6-4-3-5-10(11)14/h3-6,9,15H,7-8H2,1-2H3. The smallest absolute Gasteiger partial charge is 0.331 e. The van der Waals surface area contributed by atoms with Crippen LogP contribution in [0, 0.1) is 0 Å². The summed E-state index contributed by atoms with van der Waals surface area (Å²) in [6.07, 6.45) is 1.36. The van der Waals surface area contributed by atoms with Gasteiger partial charge in [-0.05, 0) is 28.1 Å². The number of anilines is 1. The Morgan fingerprint density at radius 2 is 2.06 bits per heavy atom. The maximum Gasteiger partial charge on any atom is 0.331 e. The van der Waals surface area contributed by atoms with Crippen LogP contribution in [0.5, 0.6) is 0 Å². The second kappa shape index (κ2) is 5.28. The summed E-state index contributed by atoms with van der Waals surface area (Å²) in [7, 11) is 3.07. The molecule has 18 heavy (non-hydrogen) atoms. The van der Waals surface area contributed by atoms with E-state index in [2.05, 4.69) is 21.2 Å². The lowest BCUT2D eigenvalue weighted by Crippen LogP contribution is -2.59. The second-order valence-corrected chi connectivity index (χ2v) is 5.30. The Bertz CT molecular complexity index is 444. The summed E-state index contributed by atoms with van der Waals surface area (Å²) in [6, 6.07) is 7.71. The number of benzene rings is 1. The van der Waals surface area contributed by atoms with Crippen molar-refractivity contribution in [3.63, 3.8) is 0 Å². The Morgan fingerprint density at radius 3 is 2.61 bits per heavy atom. The van der Waals surface area contributed by atoms with Crippen LogP contribution in [0.15, 0.2) is 28.7 Å². The molecule has 98 valence electrons. The maximum absolute atomic E-state index is 11.9. The minimum absolute atomic E-state index is 0.110. The summed E-state index contributed by atoms with van der Waals surface area (Å²) >= 11 is 3.46. The zero-order valence-corrected chi connectivity index (χ0v) is 12.0. The molecule has 0 atom stereocenters. The number of nitrogens with one attached hydrogen (secondary N) is 1. The van der Waals surface area contributed by atoms with Crippen molar-refractivity contribution in [1.82, 2.24) is 0 Å². The van der Waals surface area contributed by atoms with Gasteiger partial charge >= 0.3 is 5.97 Å². The van der Waals surface area contributed by atoms with Crippen molar-refractivity contribution in [2.24, 2.45) is 0 Å². The molecule has 0 radical (unpaired) electrons. The van der Waals surface area contributed by atoms with Gasteiger partial charge in [0.2, 0.25) is 0 Å². The molecule has 0 saturated heterocycles. The number of rotatable bonds is 4. The number of halogens is 1.